The number of hydrogen-bond donors (Lipinski definition) is 0. The number of aromatic nitrogens is 2. The number of hydrogen-bond acceptors (Lipinski definition) is 2. The molecule has 0 bridgehead atoms. The molecule has 0 aliphatic heterocycles. The maximum Gasteiger partial charge on any atom is 0.227 e. The van der Waals surface area contributed by atoms with Gasteiger partial charge in [0, 0.05) is 35.1 Å². The summed E-state index contributed by atoms with van der Waals surface area (Å²) in [5.74, 6) is 0.0540. The number of nitrogens with zero attached hydrogens (tertiary/aromatic N) is 2. The summed E-state index contributed by atoms with van der Waals surface area (Å²) < 4.78 is 1.86. The zero-order valence-corrected chi connectivity index (χ0v) is 14.5. The molecule has 0 fully saturated rings. The lowest BCUT2D eigenvalue weighted by Gasteiger charge is -2.01. The van der Waals surface area contributed by atoms with Crippen LogP contribution in [0.2, 0.25) is 5.02 Å². The van der Waals surface area contributed by atoms with Gasteiger partial charge in [-0.05, 0) is 47.5 Å². The molecule has 0 saturated carbocycles. The molecular weight excluding hydrogens is 376 g/mol. The van der Waals surface area contributed by atoms with E-state index < -0.39 is 0 Å². The third kappa shape index (κ3) is 4.47. The van der Waals surface area contributed by atoms with E-state index in [4.69, 9.17) is 11.6 Å². The summed E-state index contributed by atoms with van der Waals surface area (Å²) in [4.78, 5) is 16.2. The number of pyridine rings is 2. The van der Waals surface area contributed by atoms with Crippen LogP contribution in [0.15, 0.2) is 73.3 Å². The normalized spacial score (nSPS) is 9.96. The van der Waals surface area contributed by atoms with Crippen molar-refractivity contribution < 1.29 is 26.3 Å². The predicted octanol–water partition coefficient (Wildman–Crippen LogP) is 0.576. The van der Waals surface area contributed by atoms with E-state index >= 15 is 0 Å². The first-order valence-corrected chi connectivity index (χ1v) is 7.28. The summed E-state index contributed by atoms with van der Waals surface area (Å²) in [7, 11) is 0. The van der Waals surface area contributed by atoms with Crippen molar-refractivity contribution >= 4 is 17.4 Å². The van der Waals surface area contributed by atoms with E-state index in [0.29, 0.717) is 17.1 Å². The molecule has 3 nitrogen and oxygen atoms in total. The summed E-state index contributed by atoms with van der Waals surface area (Å²) in [6.07, 6.45) is 7.34. The maximum absolute atomic E-state index is 12.2. The van der Waals surface area contributed by atoms with Crippen molar-refractivity contribution in [1.82, 2.24) is 4.98 Å². The van der Waals surface area contributed by atoms with Crippen molar-refractivity contribution in [2.45, 2.75) is 6.54 Å². The van der Waals surface area contributed by atoms with Crippen LogP contribution in [0.1, 0.15) is 10.4 Å². The fourth-order valence-electron chi connectivity index (χ4n) is 2.19. The standard InChI is InChI=1S/C18H14ClN2O.BrH/c19-17-3-1-16(2-4-17)18(22)13-21-11-7-15(8-12-21)14-5-9-20-10-6-14;/h1-12H,13H2;1H/q+1;/p-1. The molecule has 3 rings (SSSR count). The Balaban J connectivity index is 0.00000192. The summed E-state index contributed by atoms with van der Waals surface area (Å²) in [6, 6.07) is 14.8. The van der Waals surface area contributed by atoms with Gasteiger partial charge in [-0.25, -0.2) is 0 Å². The lowest BCUT2D eigenvalue weighted by Crippen LogP contribution is -3.00. The molecular formula is C18H14BrClN2O. The van der Waals surface area contributed by atoms with Crippen LogP contribution in [0.25, 0.3) is 11.1 Å². The van der Waals surface area contributed by atoms with Gasteiger partial charge in [0.05, 0.1) is 0 Å². The van der Waals surface area contributed by atoms with Gasteiger partial charge < -0.3 is 17.0 Å². The molecule has 5 heteroatoms. The number of ketones is 1. The van der Waals surface area contributed by atoms with Crippen molar-refractivity contribution in [3.8, 4) is 11.1 Å². The lowest BCUT2D eigenvalue weighted by molar-refractivity contribution is -0.683. The van der Waals surface area contributed by atoms with Gasteiger partial charge in [-0.2, -0.15) is 4.57 Å². The second-order valence-corrected chi connectivity index (χ2v) is 5.36. The third-order valence-corrected chi connectivity index (χ3v) is 3.65. The molecule has 23 heavy (non-hydrogen) atoms. The maximum atomic E-state index is 12.2. The van der Waals surface area contributed by atoms with E-state index in [1.165, 1.54) is 0 Å². The Labute approximate surface area is 150 Å². The zero-order chi connectivity index (χ0) is 15.4. The van der Waals surface area contributed by atoms with E-state index in [0.717, 1.165) is 11.1 Å². The highest BCUT2D eigenvalue weighted by atomic mass is 79.9. The Morgan fingerprint density at radius 3 is 2.09 bits per heavy atom. The highest BCUT2D eigenvalue weighted by Crippen LogP contribution is 2.16. The molecule has 0 spiro atoms. The predicted molar refractivity (Wildman–Crippen MR) is 85.7 cm³/mol. The first-order chi connectivity index (χ1) is 10.7. The molecule has 1 aromatic carbocycles. The molecule has 0 N–H and O–H groups in total. The first kappa shape index (κ1) is 17.3. The van der Waals surface area contributed by atoms with Gasteiger partial charge >= 0.3 is 0 Å². The van der Waals surface area contributed by atoms with E-state index in [9.17, 15) is 4.79 Å². The second kappa shape index (κ2) is 7.99. The van der Waals surface area contributed by atoms with Crippen molar-refractivity contribution in [1.29, 1.82) is 0 Å². The Kier molecular flexibility index (Phi) is 6.02. The van der Waals surface area contributed by atoms with Crippen molar-refractivity contribution in [3.63, 3.8) is 0 Å². The van der Waals surface area contributed by atoms with E-state index in [-0.39, 0.29) is 22.8 Å². The quantitative estimate of drug-likeness (QED) is 0.483. The van der Waals surface area contributed by atoms with Gasteiger partial charge in [0.15, 0.2) is 12.4 Å². The summed E-state index contributed by atoms with van der Waals surface area (Å²) in [5, 5.41) is 0.630. The summed E-state index contributed by atoms with van der Waals surface area (Å²) >= 11 is 5.83. The van der Waals surface area contributed by atoms with E-state index in [2.05, 4.69) is 4.98 Å². The molecule has 2 aromatic heterocycles. The number of halogens is 2. The van der Waals surface area contributed by atoms with Gasteiger partial charge in [-0.15, -0.1) is 0 Å². The van der Waals surface area contributed by atoms with Gasteiger partial charge in [-0.1, -0.05) is 11.6 Å². The second-order valence-electron chi connectivity index (χ2n) is 4.93. The Hall–Kier alpha value is -2.04. The highest BCUT2D eigenvalue weighted by molar-refractivity contribution is 6.30. The minimum atomic E-state index is 0. The molecule has 116 valence electrons. The van der Waals surface area contributed by atoms with Gasteiger partial charge in [-0.3, -0.25) is 9.78 Å². The Morgan fingerprint density at radius 1 is 0.913 bits per heavy atom. The van der Waals surface area contributed by atoms with Crippen molar-refractivity contribution in [3.05, 3.63) is 83.9 Å². The van der Waals surface area contributed by atoms with Crippen LogP contribution < -0.4 is 21.5 Å². The van der Waals surface area contributed by atoms with E-state index in [1.807, 2.05) is 41.2 Å². The van der Waals surface area contributed by atoms with Crippen LogP contribution in [-0.2, 0) is 6.54 Å². The van der Waals surface area contributed by atoms with Crippen LogP contribution in [0.3, 0.4) is 0 Å². The highest BCUT2D eigenvalue weighted by Gasteiger charge is 2.12. The summed E-state index contributed by atoms with van der Waals surface area (Å²) in [5.41, 5.74) is 2.86. The minimum Gasteiger partial charge on any atom is -1.00 e. The number of rotatable bonds is 4. The van der Waals surface area contributed by atoms with Gasteiger partial charge in [0.1, 0.15) is 0 Å². The van der Waals surface area contributed by atoms with E-state index in [1.54, 1.807) is 36.7 Å². The van der Waals surface area contributed by atoms with Crippen LogP contribution >= 0.6 is 11.6 Å². The zero-order valence-electron chi connectivity index (χ0n) is 12.2. The Bertz CT molecular complexity index is 774. The first-order valence-electron chi connectivity index (χ1n) is 6.91. The molecule has 2 heterocycles. The molecule has 0 amide bonds. The average molecular weight is 390 g/mol. The molecule has 0 radical (unpaired) electrons. The number of carbonyl (C=O) groups is 1. The van der Waals surface area contributed by atoms with Crippen molar-refractivity contribution in [2.24, 2.45) is 0 Å². The average Bonchev–Trinajstić information content (AvgIpc) is 2.57. The smallest absolute Gasteiger partial charge is 0.227 e. The molecule has 0 atom stereocenters. The lowest BCUT2D eigenvalue weighted by atomic mass is 10.1. The number of Topliss-reactive ketones (excluding diaryl/α,β-unsaturated/α-hetero) is 1. The molecule has 3 aromatic rings. The fraction of sp³-hybridized carbons (Fsp3) is 0.0556. The SMILES string of the molecule is O=C(C[n+]1ccc(-c2ccncc2)cc1)c1ccc(Cl)cc1.[Br-]. The molecule has 0 aliphatic rings. The molecule has 0 unspecified atom stereocenters. The third-order valence-electron chi connectivity index (χ3n) is 3.40. The molecule has 0 aliphatic carbocycles. The minimum absolute atomic E-state index is 0. The number of carbonyl (C=O) groups excluding carboxylic acids is 1. The van der Waals surface area contributed by atoms with Crippen LogP contribution in [0.4, 0.5) is 0 Å². The van der Waals surface area contributed by atoms with Gasteiger partial charge in [0.2, 0.25) is 12.3 Å². The van der Waals surface area contributed by atoms with Crippen LogP contribution in [0.5, 0.6) is 0 Å². The monoisotopic (exact) mass is 388 g/mol. The fourth-order valence-corrected chi connectivity index (χ4v) is 2.32. The van der Waals surface area contributed by atoms with Crippen LogP contribution in [-0.4, -0.2) is 10.8 Å². The van der Waals surface area contributed by atoms with Gasteiger partial charge in [0.25, 0.3) is 0 Å². The molecule has 0 saturated heterocycles. The topological polar surface area (TPSA) is 33.8 Å². The Morgan fingerprint density at radius 2 is 1.48 bits per heavy atom. The van der Waals surface area contributed by atoms with Crippen molar-refractivity contribution in [2.75, 3.05) is 0 Å². The summed E-state index contributed by atoms with van der Waals surface area (Å²) in [6.45, 7) is 0.304. The largest absolute Gasteiger partial charge is 1.00 e. The number of benzene rings is 1. The van der Waals surface area contributed by atoms with Crippen LogP contribution in [0, 0.1) is 0 Å².